The van der Waals surface area contributed by atoms with Crippen molar-refractivity contribution in [3.05, 3.63) is 41.9 Å². The van der Waals surface area contributed by atoms with E-state index in [9.17, 15) is 23.1 Å². The lowest BCUT2D eigenvalue weighted by Gasteiger charge is -2.42. The van der Waals surface area contributed by atoms with Crippen molar-refractivity contribution in [2.45, 2.75) is 31.9 Å². The second kappa shape index (κ2) is 6.36. The quantitative estimate of drug-likeness (QED) is 0.899. The van der Waals surface area contributed by atoms with E-state index in [1.54, 1.807) is 6.92 Å². The Labute approximate surface area is 140 Å². The number of nitrogens with zero attached hydrogens (tertiary/aromatic N) is 3. The lowest BCUT2D eigenvalue weighted by molar-refractivity contribution is -0.141. The van der Waals surface area contributed by atoms with Crippen molar-refractivity contribution in [3.63, 3.8) is 0 Å². The first-order valence-electron chi connectivity index (χ1n) is 7.35. The number of ether oxygens (including phenoxy) is 1. The molecule has 2 aromatic rings. The fourth-order valence-electron chi connectivity index (χ4n) is 2.28. The van der Waals surface area contributed by atoms with Gasteiger partial charge in [0.15, 0.2) is 12.3 Å². The van der Waals surface area contributed by atoms with Crippen LogP contribution in [0.5, 0.6) is 5.75 Å². The summed E-state index contributed by atoms with van der Waals surface area (Å²) in [6, 6.07) is 1.73. The van der Waals surface area contributed by atoms with E-state index in [0.717, 1.165) is 18.5 Å². The third-order valence-corrected chi connectivity index (χ3v) is 3.85. The van der Waals surface area contributed by atoms with Crippen LogP contribution in [0.1, 0.15) is 29.0 Å². The Kier molecular flexibility index (Phi) is 4.38. The smallest absolute Gasteiger partial charge is 0.433 e. The SMILES string of the molecule is C[C@H]1[C@@H](O)CN1C(=O)c1coc(COc2ccnc(C(F)(F)F)c2)n1. The van der Waals surface area contributed by atoms with Gasteiger partial charge in [-0.05, 0) is 13.0 Å². The van der Waals surface area contributed by atoms with Crippen LogP contribution >= 0.6 is 0 Å². The number of hydrogen-bond acceptors (Lipinski definition) is 6. The van der Waals surface area contributed by atoms with Gasteiger partial charge in [-0.25, -0.2) is 4.98 Å². The summed E-state index contributed by atoms with van der Waals surface area (Å²) in [5, 5.41) is 9.43. The largest absolute Gasteiger partial charge is 0.484 e. The predicted molar refractivity (Wildman–Crippen MR) is 76.6 cm³/mol. The summed E-state index contributed by atoms with van der Waals surface area (Å²) in [5.74, 6) is -0.397. The van der Waals surface area contributed by atoms with Crippen LogP contribution in [0.3, 0.4) is 0 Å². The highest BCUT2D eigenvalue weighted by molar-refractivity contribution is 5.92. The number of alkyl halides is 3. The number of carbonyl (C=O) groups is 1. The summed E-state index contributed by atoms with van der Waals surface area (Å²) < 4.78 is 48.1. The Bertz CT molecular complexity index is 777. The lowest BCUT2D eigenvalue weighted by Crippen LogP contribution is -2.60. The highest BCUT2D eigenvalue weighted by Crippen LogP contribution is 2.29. The average molecular weight is 357 g/mol. The van der Waals surface area contributed by atoms with Gasteiger partial charge in [0.05, 0.1) is 12.1 Å². The molecule has 2 aromatic heterocycles. The number of carbonyl (C=O) groups excluding carboxylic acids is 1. The first kappa shape index (κ1) is 17.2. The van der Waals surface area contributed by atoms with Crippen molar-refractivity contribution >= 4 is 5.91 Å². The van der Waals surface area contributed by atoms with Crippen LogP contribution in [0.25, 0.3) is 0 Å². The number of pyridine rings is 1. The van der Waals surface area contributed by atoms with Crippen LogP contribution < -0.4 is 4.74 Å². The summed E-state index contributed by atoms with van der Waals surface area (Å²) in [7, 11) is 0. The Balaban J connectivity index is 1.62. The molecule has 7 nitrogen and oxygen atoms in total. The number of amides is 1. The third-order valence-electron chi connectivity index (χ3n) is 3.85. The van der Waals surface area contributed by atoms with E-state index in [2.05, 4.69) is 9.97 Å². The van der Waals surface area contributed by atoms with Crippen molar-refractivity contribution in [3.8, 4) is 5.75 Å². The molecule has 25 heavy (non-hydrogen) atoms. The van der Waals surface area contributed by atoms with Gasteiger partial charge in [0.2, 0.25) is 5.89 Å². The Morgan fingerprint density at radius 3 is 2.92 bits per heavy atom. The number of aromatic nitrogens is 2. The van der Waals surface area contributed by atoms with Crippen molar-refractivity contribution in [1.82, 2.24) is 14.9 Å². The summed E-state index contributed by atoms with van der Waals surface area (Å²) >= 11 is 0. The van der Waals surface area contributed by atoms with Gasteiger partial charge < -0.3 is 19.2 Å². The molecule has 0 aromatic carbocycles. The zero-order chi connectivity index (χ0) is 18.2. The van der Waals surface area contributed by atoms with Gasteiger partial charge in [-0.3, -0.25) is 9.78 Å². The Hall–Kier alpha value is -2.62. The molecule has 3 heterocycles. The number of β-amino-alcohol motifs (C(OH)–C–C–N with tert-alkyl or cyclic N) is 1. The van der Waals surface area contributed by atoms with Crippen LogP contribution in [0.4, 0.5) is 13.2 Å². The predicted octanol–water partition coefficient (Wildman–Crippen LogP) is 1.87. The lowest BCUT2D eigenvalue weighted by atomic mass is 10.0. The fraction of sp³-hybridized carbons (Fsp3) is 0.400. The zero-order valence-electron chi connectivity index (χ0n) is 13.0. The van der Waals surface area contributed by atoms with Gasteiger partial charge in [0, 0.05) is 18.8 Å². The van der Waals surface area contributed by atoms with E-state index in [0.29, 0.717) is 0 Å². The molecular weight excluding hydrogens is 343 g/mol. The van der Waals surface area contributed by atoms with Gasteiger partial charge in [0.25, 0.3) is 5.91 Å². The van der Waals surface area contributed by atoms with Gasteiger partial charge in [0.1, 0.15) is 17.7 Å². The highest BCUT2D eigenvalue weighted by atomic mass is 19.4. The van der Waals surface area contributed by atoms with Gasteiger partial charge in [-0.15, -0.1) is 0 Å². The molecule has 1 aliphatic rings. The summed E-state index contributed by atoms with van der Waals surface area (Å²) in [6.07, 6.45) is -3.00. The molecule has 1 saturated heterocycles. The number of halogens is 3. The molecule has 1 amide bonds. The number of likely N-dealkylation sites (tertiary alicyclic amines) is 1. The van der Waals surface area contributed by atoms with E-state index in [1.807, 2.05) is 0 Å². The van der Waals surface area contributed by atoms with Crippen LogP contribution in [-0.2, 0) is 12.8 Å². The average Bonchev–Trinajstić information content (AvgIpc) is 3.05. The van der Waals surface area contributed by atoms with Crippen molar-refractivity contribution in [2.75, 3.05) is 6.54 Å². The first-order valence-corrected chi connectivity index (χ1v) is 7.35. The van der Waals surface area contributed by atoms with E-state index >= 15 is 0 Å². The van der Waals surface area contributed by atoms with Gasteiger partial charge in [-0.1, -0.05) is 0 Å². The van der Waals surface area contributed by atoms with Gasteiger partial charge >= 0.3 is 6.18 Å². The molecule has 0 spiro atoms. The minimum absolute atomic E-state index is 0.0439. The summed E-state index contributed by atoms with van der Waals surface area (Å²) in [5.41, 5.74) is -1.03. The molecule has 1 fully saturated rings. The molecule has 10 heteroatoms. The first-order chi connectivity index (χ1) is 11.8. The molecule has 0 radical (unpaired) electrons. The van der Waals surface area contributed by atoms with E-state index in [-0.39, 0.29) is 36.5 Å². The molecule has 0 saturated carbocycles. The topological polar surface area (TPSA) is 88.7 Å². The van der Waals surface area contributed by atoms with Crippen LogP contribution in [0.15, 0.2) is 29.0 Å². The van der Waals surface area contributed by atoms with Crippen molar-refractivity contribution in [1.29, 1.82) is 0 Å². The number of oxazole rings is 1. The molecular formula is C15H14F3N3O4. The van der Waals surface area contributed by atoms with Gasteiger partial charge in [-0.2, -0.15) is 13.2 Å². The summed E-state index contributed by atoms with van der Waals surface area (Å²) in [6.45, 7) is 1.68. The highest BCUT2D eigenvalue weighted by Gasteiger charge is 2.38. The Morgan fingerprint density at radius 1 is 1.52 bits per heavy atom. The molecule has 0 bridgehead atoms. The standard InChI is InChI=1S/C15H14F3N3O4/c1-8-11(22)5-21(8)14(23)10-6-25-13(20-10)7-24-9-2-3-19-12(4-9)15(16,17)18/h2-4,6,8,11,22H,5,7H2,1H3/t8-,11-/m0/s1. The number of aliphatic hydroxyl groups excluding tert-OH is 1. The molecule has 2 atom stereocenters. The fourth-order valence-corrected chi connectivity index (χ4v) is 2.28. The maximum atomic E-state index is 12.6. The maximum Gasteiger partial charge on any atom is 0.433 e. The number of aliphatic hydroxyl groups is 1. The van der Waals surface area contributed by atoms with E-state index in [4.69, 9.17) is 9.15 Å². The minimum Gasteiger partial charge on any atom is -0.484 e. The second-order valence-corrected chi connectivity index (χ2v) is 5.56. The van der Waals surface area contributed by atoms with E-state index < -0.39 is 23.9 Å². The van der Waals surface area contributed by atoms with E-state index in [1.165, 1.54) is 11.0 Å². The number of rotatable bonds is 4. The summed E-state index contributed by atoms with van der Waals surface area (Å²) in [4.78, 5) is 20.8. The minimum atomic E-state index is -4.57. The molecule has 1 aliphatic heterocycles. The molecule has 1 N–H and O–H groups in total. The molecule has 0 aliphatic carbocycles. The molecule has 134 valence electrons. The van der Waals surface area contributed by atoms with Crippen molar-refractivity contribution < 1.29 is 32.2 Å². The van der Waals surface area contributed by atoms with Crippen LogP contribution in [0, 0.1) is 0 Å². The number of hydrogen-bond donors (Lipinski definition) is 1. The molecule has 3 rings (SSSR count). The van der Waals surface area contributed by atoms with Crippen LogP contribution in [0.2, 0.25) is 0 Å². The second-order valence-electron chi connectivity index (χ2n) is 5.56. The normalized spacial score (nSPS) is 20.3. The van der Waals surface area contributed by atoms with Crippen LogP contribution in [-0.4, -0.2) is 44.6 Å². The third kappa shape index (κ3) is 3.58. The molecule has 0 unspecified atom stereocenters. The Morgan fingerprint density at radius 2 is 2.28 bits per heavy atom. The van der Waals surface area contributed by atoms with Crippen molar-refractivity contribution in [2.24, 2.45) is 0 Å². The monoisotopic (exact) mass is 357 g/mol. The maximum absolute atomic E-state index is 12.6. The zero-order valence-corrected chi connectivity index (χ0v) is 13.0.